The number of benzene rings is 1. The maximum atomic E-state index is 13.8. The molecule has 1 aliphatic rings. The predicted molar refractivity (Wildman–Crippen MR) is 74.8 cm³/mol. The summed E-state index contributed by atoms with van der Waals surface area (Å²) < 4.78 is 13.8. The minimum absolute atomic E-state index is 0.0169. The van der Waals surface area contributed by atoms with Crippen LogP contribution in [-0.4, -0.2) is 48.1 Å². The van der Waals surface area contributed by atoms with Crippen molar-refractivity contribution < 1.29 is 9.50 Å². The lowest BCUT2D eigenvalue weighted by Gasteiger charge is -2.27. The second-order valence-electron chi connectivity index (χ2n) is 5.41. The average Bonchev–Trinajstić information content (AvgIpc) is 2.88. The third kappa shape index (κ3) is 3.67. The fraction of sp³-hybridized carbons (Fsp3) is 0.600. The molecule has 0 saturated carbocycles. The van der Waals surface area contributed by atoms with Gasteiger partial charge in [0.1, 0.15) is 11.6 Å². The van der Waals surface area contributed by atoms with Crippen LogP contribution < -0.4 is 0 Å². The lowest BCUT2D eigenvalue weighted by atomic mass is 10.1. The van der Waals surface area contributed by atoms with E-state index in [9.17, 15) is 9.50 Å². The van der Waals surface area contributed by atoms with Crippen molar-refractivity contribution in [2.45, 2.75) is 25.8 Å². The molecule has 1 aromatic rings. The molecule has 0 aliphatic carbocycles. The number of nitrogens with zero attached hydrogens (tertiary/aromatic N) is 2. The van der Waals surface area contributed by atoms with Gasteiger partial charge in [-0.2, -0.15) is 0 Å². The van der Waals surface area contributed by atoms with Crippen LogP contribution in [0.2, 0.25) is 0 Å². The zero-order chi connectivity index (χ0) is 13.8. The van der Waals surface area contributed by atoms with Gasteiger partial charge in [-0.15, -0.1) is 0 Å². The summed E-state index contributed by atoms with van der Waals surface area (Å²) in [4.78, 5) is 4.62. The zero-order valence-corrected chi connectivity index (χ0v) is 11.8. The van der Waals surface area contributed by atoms with Crippen molar-refractivity contribution in [1.82, 2.24) is 9.80 Å². The smallest absolute Gasteiger partial charge is 0.131 e. The van der Waals surface area contributed by atoms with Gasteiger partial charge in [-0.25, -0.2) is 4.39 Å². The summed E-state index contributed by atoms with van der Waals surface area (Å²) in [6.07, 6.45) is 2.59. The van der Waals surface area contributed by atoms with Gasteiger partial charge in [0.15, 0.2) is 0 Å². The molecule has 0 radical (unpaired) electrons. The first-order valence-corrected chi connectivity index (χ1v) is 6.99. The topological polar surface area (TPSA) is 26.7 Å². The number of hydrogen-bond donors (Lipinski definition) is 1. The van der Waals surface area contributed by atoms with E-state index in [1.165, 1.54) is 32.0 Å². The summed E-state index contributed by atoms with van der Waals surface area (Å²) >= 11 is 0. The normalized spacial score (nSPS) is 18.1. The number of phenols is 1. The van der Waals surface area contributed by atoms with Crippen molar-refractivity contribution in [1.29, 1.82) is 0 Å². The van der Waals surface area contributed by atoms with E-state index in [0.29, 0.717) is 5.56 Å². The van der Waals surface area contributed by atoms with Crippen molar-refractivity contribution in [2.75, 3.05) is 33.2 Å². The Morgan fingerprint density at radius 2 is 2.05 bits per heavy atom. The fourth-order valence-electron chi connectivity index (χ4n) is 2.59. The van der Waals surface area contributed by atoms with Gasteiger partial charge in [0.25, 0.3) is 0 Å². The first kappa shape index (κ1) is 14.3. The maximum Gasteiger partial charge on any atom is 0.131 e. The van der Waals surface area contributed by atoms with E-state index in [2.05, 4.69) is 9.80 Å². The molecule has 1 unspecified atom stereocenters. The second kappa shape index (κ2) is 6.35. The summed E-state index contributed by atoms with van der Waals surface area (Å²) in [5.74, 6) is -0.353. The molecular weight excluding hydrogens is 243 g/mol. The number of halogens is 1. The molecular formula is C15H23FN2O. The quantitative estimate of drug-likeness (QED) is 0.887. The van der Waals surface area contributed by atoms with Crippen LogP contribution in [0.25, 0.3) is 0 Å². The van der Waals surface area contributed by atoms with Crippen LogP contribution in [0.3, 0.4) is 0 Å². The highest BCUT2D eigenvalue weighted by Crippen LogP contribution is 2.24. The highest BCUT2D eigenvalue weighted by Gasteiger charge is 2.18. The monoisotopic (exact) mass is 266 g/mol. The van der Waals surface area contributed by atoms with Gasteiger partial charge in [-0.05, 0) is 46.0 Å². The molecule has 0 amide bonds. The van der Waals surface area contributed by atoms with Gasteiger partial charge in [0.2, 0.25) is 0 Å². The van der Waals surface area contributed by atoms with Crippen LogP contribution in [0.5, 0.6) is 5.75 Å². The summed E-state index contributed by atoms with van der Waals surface area (Å²) in [5, 5.41) is 9.24. The fourth-order valence-corrected chi connectivity index (χ4v) is 2.59. The lowest BCUT2D eigenvalue weighted by molar-refractivity contribution is 0.213. The van der Waals surface area contributed by atoms with Crippen LogP contribution in [0.1, 0.15) is 31.4 Å². The van der Waals surface area contributed by atoms with Crippen LogP contribution in [-0.2, 0) is 0 Å². The number of hydrogen-bond acceptors (Lipinski definition) is 3. The number of phenolic OH excluding ortho intramolecular Hbond substituents is 1. The third-order valence-corrected chi connectivity index (χ3v) is 4.06. The molecule has 1 aromatic carbocycles. The molecule has 2 rings (SSSR count). The molecule has 106 valence electrons. The van der Waals surface area contributed by atoms with E-state index in [-0.39, 0.29) is 17.6 Å². The number of likely N-dealkylation sites (tertiary alicyclic amines) is 1. The summed E-state index contributed by atoms with van der Waals surface area (Å²) in [6, 6.07) is 4.41. The van der Waals surface area contributed by atoms with Gasteiger partial charge in [0.05, 0.1) is 0 Å². The van der Waals surface area contributed by atoms with Crippen LogP contribution >= 0.6 is 0 Å². The molecule has 0 aromatic heterocycles. The largest absolute Gasteiger partial charge is 0.508 e. The van der Waals surface area contributed by atoms with Crippen LogP contribution in [0, 0.1) is 5.82 Å². The third-order valence-electron chi connectivity index (χ3n) is 4.06. The van der Waals surface area contributed by atoms with Gasteiger partial charge >= 0.3 is 0 Å². The Balaban J connectivity index is 1.91. The first-order chi connectivity index (χ1) is 9.08. The summed E-state index contributed by atoms with van der Waals surface area (Å²) in [6.45, 7) is 6.35. The SMILES string of the molecule is CC(c1ccc(O)cc1F)N(C)CCN1CCCC1. The molecule has 0 spiro atoms. The van der Waals surface area contributed by atoms with Gasteiger partial charge in [-0.3, -0.25) is 4.90 Å². The number of aromatic hydroxyl groups is 1. The Hall–Kier alpha value is -1.13. The lowest BCUT2D eigenvalue weighted by Crippen LogP contribution is -2.33. The Morgan fingerprint density at radius 3 is 2.68 bits per heavy atom. The number of likely N-dealkylation sites (N-methyl/N-ethyl adjacent to an activating group) is 1. The van der Waals surface area contributed by atoms with Crippen LogP contribution in [0.4, 0.5) is 4.39 Å². The van der Waals surface area contributed by atoms with E-state index in [1.807, 2.05) is 14.0 Å². The molecule has 1 N–H and O–H groups in total. The summed E-state index contributed by atoms with van der Waals surface area (Å²) in [7, 11) is 2.02. The second-order valence-corrected chi connectivity index (χ2v) is 5.41. The Kier molecular flexibility index (Phi) is 4.77. The highest BCUT2D eigenvalue weighted by molar-refractivity contribution is 5.29. The van der Waals surface area contributed by atoms with Gasteiger partial charge in [0, 0.05) is 30.8 Å². The van der Waals surface area contributed by atoms with Crippen molar-refractivity contribution in [2.24, 2.45) is 0 Å². The molecule has 19 heavy (non-hydrogen) atoms. The average molecular weight is 266 g/mol. The van der Waals surface area contributed by atoms with E-state index in [4.69, 9.17) is 0 Å². The maximum absolute atomic E-state index is 13.8. The van der Waals surface area contributed by atoms with Gasteiger partial charge in [-0.1, -0.05) is 6.07 Å². The molecule has 1 aliphatic heterocycles. The van der Waals surface area contributed by atoms with Crippen molar-refractivity contribution in [3.8, 4) is 5.75 Å². The standard InChI is InChI=1S/C15H23FN2O/c1-12(14-6-5-13(19)11-15(14)16)17(2)9-10-18-7-3-4-8-18/h5-6,11-12,19H,3-4,7-10H2,1-2H3. The molecule has 4 heteroatoms. The van der Waals surface area contributed by atoms with E-state index in [0.717, 1.165) is 13.1 Å². The minimum atomic E-state index is -0.333. The number of rotatable bonds is 5. The first-order valence-electron chi connectivity index (χ1n) is 6.99. The minimum Gasteiger partial charge on any atom is -0.508 e. The molecule has 0 bridgehead atoms. The van der Waals surface area contributed by atoms with Crippen molar-refractivity contribution in [3.05, 3.63) is 29.6 Å². The zero-order valence-electron chi connectivity index (χ0n) is 11.8. The molecule has 3 nitrogen and oxygen atoms in total. The van der Waals surface area contributed by atoms with E-state index < -0.39 is 0 Å². The Labute approximate surface area is 114 Å². The van der Waals surface area contributed by atoms with Crippen molar-refractivity contribution >= 4 is 0 Å². The molecule has 1 saturated heterocycles. The highest BCUT2D eigenvalue weighted by atomic mass is 19.1. The van der Waals surface area contributed by atoms with Crippen molar-refractivity contribution in [3.63, 3.8) is 0 Å². The molecule has 1 fully saturated rings. The predicted octanol–water partition coefficient (Wildman–Crippen LogP) is 2.62. The summed E-state index contributed by atoms with van der Waals surface area (Å²) in [5.41, 5.74) is 0.640. The van der Waals surface area contributed by atoms with E-state index in [1.54, 1.807) is 12.1 Å². The van der Waals surface area contributed by atoms with Gasteiger partial charge < -0.3 is 10.0 Å². The molecule has 1 heterocycles. The molecule has 1 atom stereocenters. The van der Waals surface area contributed by atoms with E-state index >= 15 is 0 Å². The van der Waals surface area contributed by atoms with Crippen LogP contribution in [0.15, 0.2) is 18.2 Å². The Bertz CT molecular complexity index is 419. The Morgan fingerprint density at radius 1 is 1.37 bits per heavy atom.